The van der Waals surface area contributed by atoms with Crippen molar-refractivity contribution in [2.75, 3.05) is 6.54 Å². The van der Waals surface area contributed by atoms with Crippen LogP contribution in [-0.4, -0.2) is 41.4 Å². The summed E-state index contributed by atoms with van der Waals surface area (Å²) in [6.45, 7) is 5.53. The maximum atomic E-state index is 11.7. The van der Waals surface area contributed by atoms with E-state index in [1.165, 1.54) is 0 Å². The Morgan fingerprint density at radius 3 is 2.35 bits per heavy atom. The third-order valence-corrected chi connectivity index (χ3v) is 3.14. The lowest BCUT2D eigenvalue weighted by atomic mass is 10.1. The highest BCUT2D eigenvalue weighted by atomic mass is 16.6. The first-order valence-corrected chi connectivity index (χ1v) is 8.34. The van der Waals surface area contributed by atoms with E-state index in [4.69, 9.17) is 9.47 Å². The molecule has 0 heterocycles. The van der Waals surface area contributed by atoms with Crippen molar-refractivity contribution in [1.82, 2.24) is 10.6 Å². The normalized spacial score (nSPS) is 12.0. The highest BCUT2D eigenvalue weighted by Crippen LogP contribution is 2.07. The molecule has 1 aromatic rings. The number of nitrogens with one attached hydrogen (secondary N) is 2. The van der Waals surface area contributed by atoms with E-state index in [0.29, 0.717) is 6.42 Å². The van der Waals surface area contributed by atoms with Crippen LogP contribution in [-0.2, 0) is 20.9 Å². The molecule has 8 nitrogen and oxygen atoms in total. The van der Waals surface area contributed by atoms with Gasteiger partial charge in [0, 0.05) is 6.54 Å². The molecule has 1 rings (SSSR count). The fraction of sp³-hybridized carbons (Fsp3) is 0.500. The summed E-state index contributed by atoms with van der Waals surface area (Å²) in [7, 11) is 0. The first-order chi connectivity index (χ1) is 12.2. The van der Waals surface area contributed by atoms with Crippen molar-refractivity contribution in [1.29, 1.82) is 0 Å². The number of aliphatic carboxylic acids is 1. The minimum Gasteiger partial charge on any atom is -0.480 e. The number of carbonyl (C=O) groups is 3. The van der Waals surface area contributed by atoms with E-state index in [0.717, 1.165) is 5.56 Å². The van der Waals surface area contributed by atoms with Gasteiger partial charge < -0.3 is 25.2 Å². The molecule has 0 aliphatic heterocycles. The summed E-state index contributed by atoms with van der Waals surface area (Å²) < 4.78 is 10.1. The lowest BCUT2D eigenvalue weighted by molar-refractivity contribution is -0.139. The minimum absolute atomic E-state index is 0.0548. The highest BCUT2D eigenvalue weighted by Gasteiger charge is 2.21. The van der Waals surface area contributed by atoms with E-state index in [1.807, 2.05) is 18.2 Å². The van der Waals surface area contributed by atoms with Gasteiger partial charge in [0.1, 0.15) is 18.2 Å². The second kappa shape index (κ2) is 10.3. The number of carboxylic acid groups (broad SMARTS) is 1. The molecule has 0 aliphatic carbocycles. The van der Waals surface area contributed by atoms with Crippen LogP contribution in [0.3, 0.4) is 0 Å². The summed E-state index contributed by atoms with van der Waals surface area (Å²) in [6, 6.07) is 7.96. The molecule has 1 atom stereocenters. The Kier molecular flexibility index (Phi) is 8.41. The van der Waals surface area contributed by atoms with Crippen molar-refractivity contribution in [2.45, 2.75) is 51.9 Å². The van der Waals surface area contributed by atoms with Gasteiger partial charge in [-0.2, -0.15) is 0 Å². The van der Waals surface area contributed by atoms with Gasteiger partial charge >= 0.3 is 18.2 Å². The molecule has 144 valence electrons. The van der Waals surface area contributed by atoms with Crippen molar-refractivity contribution in [2.24, 2.45) is 0 Å². The van der Waals surface area contributed by atoms with Gasteiger partial charge in [0.2, 0.25) is 0 Å². The Morgan fingerprint density at radius 2 is 1.77 bits per heavy atom. The summed E-state index contributed by atoms with van der Waals surface area (Å²) in [6.07, 6.45) is -0.873. The average Bonchev–Trinajstić information content (AvgIpc) is 2.55. The van der Waals surface area contributed by atoms with E-state index in [-0.39, 0.29) is 19.6 Å². The van der Waals surface area contributed by atoms with E-state index >= 15 is 0 Å². The van der Waals surface area contributed by atoms with Crippen LogP contribution < -0.4 is 10.6 Å². The Balaban J connectivity index is 2.31. The second-order valence-electron chi connectivity index (χ2n) is 6.67. The van der Waals surface area contributed by atoms with Gasteiger partial charge in [-0.25, -0.2) is 14.4 Å². The fourth-order valence-corrected chi connectivity index (χ4v) is 1.98. The lowest BCUT2D eigenvalue weighted by Gasteiger charge is -2.20. The second-order valence-corrected chi connectivity index (χ2v) is 6.67. The van der Waals surface area contributed by atoms with Crippen molar-refractivity contribution >= 4 is 18.2 Å². The molecule has 0 radical (unpaired) electrons. The molecule has 1 aromatic carbocycles. The fourth-order valence-electron chi connectivity index (χ4n) is 1.98. The van der Waals surface area contributed by atoms with E-state index < -0.39 is 29.8 Å². The van der Waals surface area contributed by atoms with Crippen LogP contribution in [0.25, 0.3) is 0 Å². The van der Waals surface area contributed by atoms with Crippen molar-refractivity contribution in [3.8, 4) is 0 Å². The van der Waals surface area contributed by atoms with E-state index in [2.05, 4.69) is 10.6 Å². The third-order valence-electron chi connectivity index (χ3n) is 3.14. The zero-order valence-electron chi connectivity index (χ0n) is 15.3. The SMILES string of the molecule is CC(C)(C)OC(=O)NCCCC(NC(=O)OCc1ccccc1)C(=O)O. The molecule has 3 N–H and O–H groups in total. The molecule has 0 aliphatic rings. The molecule has 1 unspecified atom stereocenters. The number of hydrogen-bond acceptors (Lipinski definition) is 5. The largest absolute Gasteiger partial charge is 0.480 e. The molecule has 0 fully saturated rings. The summed E-state index contributed by atoms with van der Waals surface area (Å²) in [5.41, 5.74) is 0.202. The molecule has 26 heavy (non-hydrogen) atoms. The van der Waals surface area contributed by atoms with Gasteiger partial charge in [-0.05, 0) is 39.2 Å². The van der Waals surface area contributed by atoms with Crippen LogP contribution >= 0.6 is 0 Å². The van der Waals surface area contributed by atoms with Crippen LogP contribution in [0.15, 0.2) is 30.3 Å². The highest BCUT2D eigenvalue weighted by molar-refractivity contribution is 5.79. The molecule has 0 bridgehead atoms. The Hall–Kier alpha value is -2.77. The Bertz CT molecular complexity index is 597. The number of amides is 2. The van der Waals surface area contributed by atoms with Gasteiger partial charge in [0.15, 0.2) is 0 Å². The number of carboxylic acids is 1. The zero-order valence-corrected chi connectivity index (χ0v) is 15.3. The van der Waals surface area contributed by atoms with Crippen molar-refractivity contribution in [3.63, 3.8) is 0 Å². The van der Waals surface area contributed by atoms with Crippen LogP contribution in [0.2, 0.25) is 0 Å². The maximum Gasteiger partial charge on any atom is 0.408 e. The molecule has 0 aromatic heterocycles. The van der Waals surface area contributed by atoms with Crippen molar-refractivity contribution in [3.05, 3.63) is 35.9 Å². The van der Waals surface area contributed by atoms with Gasteiger partial charge in [0.05, 0.1) is 0 Å². The molecule has 0 saturated heterocycles. The quantitative estimate of drug-likeness (QED) is 0.610. The predicted octanol–water partition coefficient (Wildman–Crippen LogP) is 2.67. The molecular formula is C18H26N2O6. The monoisotopic (exact) mass is 366 g/mol. The van der Waals surface area contributed by atoms with Gasteiger partial charge in [-0.15, -0.1) is 0 Å². The molecule has 0 saturated carbocycles. The molecule has 2 amide bonds. The number of benzene rings is 1. The number of alkyl carbamates (subject to hydrolysis) is 2. The van der Waals surface area contributed by atoms with Crippen LogP contribution in [0.4, 0.5) is 9.59 Å². The first-order valence-electron chi connectivity index (χ1n) is 8.34. The molecule has 8 heteroatoms. The minimum atomic E-state index is -1.17. The van der Waals surface area contributed by atoms with Crippen molar-refractivity contribution < 1.29 is 29.0 Å². The van der Waals surface area contributed by atoms with Gasteiger partial charge in [-0.3, -0.25) is 0 Å². The smallest absolute Gasteiger partial charge is 0.408 e. The summed E-state index contributed by atoms with van der Waals surface area (Å²) in [4.78, 5) is 34.5. The van der Waals surface area contributed by atoms with Crippen LogP contribution in [0.5, 0.6) is 0 Å². The third kappa shape index (κ3) is 9.51. The van der Waals surface area contributed by atoms with Crippen LogP contribution in [0, 0.1) is 0 Å². The Morgan fingerprint density at radius 1 is 1.12 bits per heavy atom. The van der Waals surface area contributed by atoms with Gasteiger partial charge in [0.25, 0.3) is 0 Å². The Labute approximate surface area is 152 Å². The molecule has 0 spiro atoms. The lowest BCUT2D eigenvalue weighted by Crippen LogP contribution is -2.41. The number of rotatable bonds is 8. The van der Waals surface area contributed by atoms with E-state index in [9.17, 15) is 19.5 Å². The van der Waals surface area contributed by atoms with E-state index in [1.54, 1.807) is 32.9 Å². The predicted molar refractivity (Wildman–Crippen MR) is 94.7 cm³/mol. The molecular weight excluding hydrogens is 340 g/mol. The average molecular weight is 366 g/mol. The topological polar surface area (TPSA) is 114 Å². The summed E-state index contributed by atoms with van der Waals surface area (Å²) in [5, 5.41) is 14.0. The number of hydrogen-bond donors (Lipinski definition) is 3. The summed E-state index contributed by atoms with van der Waals surface area (Å²) in [5.74, 6) is -1.17. The standard InChI is InChI=1S/C18H26N2O6/c1-18(2,3)26-16(23)19-11-7-10-14(15(21)22)20-17(24)25-12-13-8-5-4-6-9-13/h4-6,8-9,14H,7,10-12H2,1-3H3,(H,19,23)(H,20,24)(H,21,22). The van der Waals surface area contributed by atoms with Crippen LogP contribution in [0.1, 0.15) is 39.2 Å². The summed E-state index contributed by atoms with van der Waals surface area (Å²) >= 11 is 0. The zero-order chi connectivity index (χ0) is 19.6. The van der Waals surface area contributed by atoms with Gasteiger partial charge in [-0.1, -0.05) is 30.3 Å². The number of carbonyl (C=O) groups excluding carboxylic acids is 2. The number of ether oxygens (including phenoxy) is 2. The first kappa shape index (κ1) is 21.3. The maximum absolute atomic E-state index is 11.7.